The average Bonchev–Trinajstić information content (AvgIpc) is 3.27. The predicted octanol–water partition coefficient (Wildman–Crippen LogP) is 2.16. The number of aromatic nitrogens is 3. The Balaban J connectivity index is 1.47. The van der Waals surface area contributed by atoms with Gasteiger partial charge in [-0.25, -0.2) is 9.50 Å². The quantitative estimate of drug-likeness (QED) is 0.728. The summed E-state index contributed by atoms with van der Waals surface area (Å²) in [6, 6.07) is 3.85. The lowest BCUT2D eigenvalue weighted by atomic mass is 9.99. The lowest BCUT2D eigenvalue weighted by Crippen LogP contribution is -2.39. The molecular weight excluding hydrogens is 336 g/mol. The van der Waals surface area contributed by atoms with Crippen molar-refractivity contribution in [3.05, 3.63) is 55.3 Å². The summed E-state index contributed by atoms with van der Waals surface area (Å²) in [5.41, 5.74) is 3.34. The Kier molecular flexibility index (Phi) is 3.31. The summed E-state index contributed by atoms with van der Waals surface area (Å²) in [6.07, 6.45) is 6.88. The second-order valence-electron chi connectivity index (χ2n) is 6.74. The van der Waals surface area contributed by atoms with E-state index in [0.29, 0.717) is 25.2 Å². The van der Waals surface area contributed by atoms with E-state index < -0.39 is 0 Å². The van der Waals surface area contributed by atoms with Crippen LogP contribution in [0, 0.1) is 0 Å². The van der Waals surface area contributed by atoms with Crippen LogP contribution in [0.15, 0.2) is 23.1 Å². The molecule has 4 heterocycles. The number of carbonyl (C=O) groups is 1. The number of rotatable bonds is 1. The molecule has 0 bridgehead atoms. The molecule has 5 rings (SSSR count). The Labute approximate surface area is 148 Å². The average molecular weight is 354 g/mol. The van der Waals surface area contributed by atoms with Crippen LogP contribution in [0.5, 0.6) is 0 Å². The zero-order valence-electron chi connectivity index (χ0n) is 13.7. The maximum absolute atomic E-state index is 12.9. The topological polar surface area (TPSA) is 70.5 Å². The van der Waals surface area contributed by atoms with Gasteiger partial charge < -0.3 is 4.90 Å². The number of aryl methyl sites for hydroxylation is 2. The molecular formula is C18H18N4O2S. The number of nitrogens with one attached hydrogen (secondary N) is 1. The second-order valence-corrected chi connectivity index (χ2v) is 7.88. The third-order valence-electron chi connectivity index (χ3n) is 5.19. The van der Waals surface area contributed by atoms with Crippen molar-refractivity contribution in [2.45, 2.75) is 38.6 Å². The van der Waals surface area contributed by atoms with Crippen molar-refractivity contribution in [2.24, 2.45) is 0 Å². The highest BCUT2D eigenvalue weighted by atomic mass is 32.1. The van der Waals surface area contributed by atoms with Gasteiger partial charge in [-0.05, 0) is 43.7 Å². The minimum atomic E-state index is -0.0521. The molecule has 128 valence electrons. The van der Waals surface area contributed by atoms with E-state index in [-0.39, 0.29) is 11.5 Å². The van der Waals surface area contributed by atoms with Crippen LogP contribution in [0.1, 0.15) is 44.2 Å². The van der Waals surface area contributed by atoms with Crippen molar-refractivity contribution in [3.8, 4) is 0 Å². The molecule has 3 aromatic heterocycles. The molecule has 1 aliphatic heterocycles. The number of carbonyl (C=O) groups excluding carboxylic acids is 1. The van der Waals surface area contributed by atoms with E-state index in [0.717, 1.165) is 29.0 Å². The summed E-state index contributed by atoms with van der Waals surface area (Å²) < 4.78 is 1.46. The number of amides is 1. The summed E-state index contributed by atoms with van der Waals surface area (Å²) in [6.45, 7) is 0.978. The van der Waals surface area contributed by atoms with Crippen molar-refractivity contribution in [1.29, 1.82) is 0 Å². The lowest BCUT2D eigenvalue weighted by Gasteiger charge is -2.27. The molecule has 7 heteroatoms. The van der Waals surface area contributed by atoms with Crippen molar-refractivity contribution >= 4 is 22.9 Å². The summed E-state index contributed by atoms with van der Waals surface area (Å²) >= 11 is 1.64. The first-order valence-electron chi connectivity index (χ1n) is 8.69. The molecule has 6 nitrogen and oxygen atoms in total. The van der Waals surface area contributed by atoms with Crippen LogP contribution in [0.25, 0.3) is 5.65 Å². The fraction of sp³-hybridized carbons (Fsp3) is 0.389. The van der Waals surface area contributed by atoms with Gasteiger partial charge in [-0.1, -0.05) is 0 Å². The van der Waals surface area contributed by atoms with Crippen LogP contribution >= 0.6 is 11.3 Å². The Hall–Kier alpha value is -2.41. The highest BCUT2D eigenvalue weighted by molar-refractivity contribution is 7.14. The highest BCUT2D eigenvalue weighted by Crippen LogP contribution is 2.31. The van der Waals surface area contributed by atoms with E-state index in [1.807, 2.05) is 4.90 Å². The van der Waals surface area contributed by atoms with Gasteiger partial charge in [0, 0.05) is 29.2 Å². The minimum Gasteiger partial charge on any atom is -0.332 e. The molecule has 0 spiro atoms. The molecule has 0 saturated heterocycles. The van der Waals surface area contributed by atoms with Gasteiger partial charge in [0.05, 0.1) is 17.1 Å². The standard InChI is InChI=1S/C18H18N4O2S/c23-17-12-6-8-21(10-13(12)20-16-5-7-19-22(16)17)18(24)15-9-11-3-1-2-4-14(11)25-15/h5,7,9,19H,1-4,6,8,10H2. The van der Waals surface area contributed by atoms with E-state index in [1.54, 1.807) is 23.6 Å². The SMILES string of the molecule is O=C(c1cc2c(s1)CCCC2)N1CCc2c(nc3cc[nH]n3c2=O)C1. The molecule has 0 saturated carbocycles. The van der Waals surface area contributed by atoms with Gasteiger partial charge >= 0.3 is 0 Å². The first kappa shape index (κ1) is 14.9. The monoisotopic (exact) mass is 354 g/mol. The fourth-order valence-corrected chi connectivity index (χ4v) is 5.08. The summed E-state index contributed by atoms with van der Waals surface area (Å²) in [7, 11) is 0. The fourth-order valence-electron chi connectivity index (χ4n) is 3.85. The number of aromatic amines is 1. The molecule has 1 N–H and O–H groups in total. The van der Waals surface area contributed by atoms with Crippen LogP contribution in [0.3, 0.4) is 0 Å². The Morgan fingerprint density at radius 2 is 2.12 bits per heavy atom. The van der Waals surface area contributed by atoms with E-state index >= 15 is 0 Å². The first-order valence-corrected chi connectivity index (χ1v) is 9.51. The lowest BCUT2D eigenvalue weighted by molar-refractivity contribution is 0.0736. The molecule has 0 unspecified atom stereocenters. The Bertz CT molecular complexity index is 1020. The highest BCUT2D eigenvalue weighted by Gasteiger charge is 2.27. The summed E-state index contributed by atoms with van der Waals surface area (Å²) in [5, 5.41) is 2.89. The first-order chi connectivity index (χ1) is 12.2. The van der Waals surface area contributed by atoms with Crippen LogP contribution < -0.4 is 5.56 Å². The summed E-state index contributed by atoms with van der Waals surface area (Å²) in [5.74, 6) is 0.0705. The molecule has 0 radical (unpaired) electrons. The normalized spacial score (nSPS) is 16.7. The molecule has 2 aliphatic rings. The number of hydrogen-bond acceptors (Lipinski definition) is 4. The van der Waals surface area contributed by atoms with Gasteiger partial charge in [0.1, 0.15) is 0 Å². The molecule has 3 aromatic rings. The van der Waals surface area contributed by atoms with E-state index in [9.17, 15) is 9.59 Å². The second kappa shape index (κ2) is 5.56. The minimum absolute atomic E-state index is 0.0521. The van der Waals surface area contributed by atoms with Crippen LogP contribution in [-0.2, 0) is 25.8 Å². The van der Waals surface area contributed by atoms with Crippen LogP contribution in [0.4, 0.5) is 0 Å². The maximum atomic E-state index is 12.9. The zero-order chi connectivity index (χ0) is 17.0. The van der Waals surface area contributed by atoms with Crippen molar-refractivity contribution in [3.63, 3.8) is 0 Å². The predicted molar refractivity (Wildman–Crippen MR) is 95.2 cm³/mol. The number of fused-ring (bicyclic) bond motifs is 3. The smallest absolute Gasteiger partial charge is 0.276 e. The molecule has 0 atom stereocenters. The van der Waals surface area contributed by atoms with Gasteiger partial charge in [-0.2, -0.15) is 0 Å². The Morgan fingerprint density at radius 1 is 1.24 bits per heavy atom. The van der Waals surface area contributed by atoms with Crippen LogP contribution in [-0.4, -0.2) is 31.9 Å². The van der Waals surface area contributed by atoms with Gasteiger partial charge in [-0.15, -0.1) is 11.3 Å². The van der Waals surface area contributed by atoms with Gasteiger partial charge in [0.25, 0.3) is 11.5 Å². The number of thiophene rings is 1. The Morgan fingerprint density at radius 3 is 3.00 bits per heavy atom. The zero-order valence-corrected chi connectivity index (χ0v) is 14.6. The maximum Gasteiger partial charge on any atom is 0.276 e. The molecule has 1 aliphatic carbocycles. The third-order valence-corrected chi connectivity index (χ3v) is 6.42. The summed E-state index contributed by atoms with van der Waals surface area (Å²) in [4.78, 5) is 34.0. The van der Waals surface area contributed by atoms with Crippen molar-refractivity contribution in [1.82, 2.24) is 19.5 Å². The van der Waals surface area contributed by atoms with Gasteiger partial charge in [0.2, 0.25) is 0 Å². The van der Waals surface area contributed by atoms with Gasteiger partial charge in [0.15, 0.2) is 5.65 Å². The molecule has 0 aromatic carbocycles. The molecule has 1 amide bonds. The van der Waals surface area contributed by atoms with E-state index in [2.05, 4.69) is 16.1 Å². The van der Waals surface area contributed by atoms with E-state index in [1.165, 1.54) is 27.8 Å². The number of H-pyrrole nitrogens is 1. The number of nitrogens with zero attached hydrogens (tertiary/aromatic N) is 3. The van der Waals surface area contributed by atoms with Crippen molar-refractivity contribution < 1.29 is 4.79 Å². The van der Waals surface area contributed by atoms with E-state index in [4.69, 9.17) is 0 Å². The number of hydrogen-bond donors (Lipinski definition) is 1. The van der Waals surface area contributed by atoms with Gasteiger partial charge in [-0.3, -0.25) is 14.7 Å². The molecule has 25 heavy (non-hydrogen) atoms. The van der Waals surface area contributed by atoms with Crippen LogP contribution in [0.2, 0.25) is 0 Å². The third kappa shape index (κ3) is 2.33. The molecule has 0 fully saturated rings. The largest absolute Gasteiger partial charge is 0.332 e. The van der Waals surface area contributed by atoms with Crippen molar-refractivity contribution in [2.75, 3.05) is 6.54 Å².